The molecule has 5 N–H and O–H groups in total. The third kappa shape index (κ3) is 4.33. The first-order chi connectivity index (χ1) is 14.0. The molecule has 2 aromatic heterocycles. The van der Waals surface area contributed by atoms with E-state index in [0.717, 1.165) is 35.7 Å². The van der Waals surface area contributed by atoms with Crippen LogP contribution < -0.4 is 26.1 Å². The molecule has 0 bridgehead atoms. The number of nitrogens with one attached hydrogen (secondary N) is 1. The van der Waals surface area contributed by atoms with Gasteiger partial charge < -0.3 is 21.5 Å². The zero-order chi connectivity index (χ0) is 21.0. The number of amides is 1. The first-order valence-corrected chi connectivity index (χ1v) is 10.2. The minimum absolute atomic E-state index is 0.0896. The summed E-state index contributed by atoms with van der Waals surface area (Å²) in [7, 11) is 0. The number of anilines is 1. The van der Waals surface area contributed by atoms with E-state index in [1.807, 2.05) is 18.2 Å². The Morgan fingerprint density at radius 2 is 2.17 bits per heavy atom. The second-order valence-corrected chi connectivity index (χ2v) is 7.11. The molecule has 29 heavy (non-hydrogen) atoms. The second-order valence-electron chi connectivity index (χ2n) is 6.30. The van der Waals surface area contributed by atoms with E-state index in [1.165, 1.54) is 6.20 Å². The number of benzene rings is 1. The van der Waals surface area contributed by atoms with Crippen molar-refractivity contribution in [2.75, 3.05) is 18.9 Å². The van der Waals surface area contributed by atoms with Crippen LogP contribution in [-0.4, -0.2) is 33.6 Å². The number of hydrogen-bond acceptors (Lipinski definition) is 6. The van der Waals surface area contributed by atoms with Crippen LogP contribution >= 0.6 is 15.9 Å². The van der Waals surface area contributed by atoms with E-state index >= 15 is 0 Å². The normalized spacial score (nSPS) is 11.0. The fourth-order valence-electron chi connectivity index (χ4n) is 3.32. The van der Waals surface area contributed by atoms with E-state index in [2.05, 4.69) is 54.2 Å². The highest BCUT2D eigenvalue weighted by molar-refractivity contribution is 9.10. The number of ether oxygens (including phenoxy) is 1. The number of carbonyl (C=O) groups is 1. The van der Waals surface area contributed by atoms with Crippen LogP contribution in [0.3, 0.4) is 0 Å². The van der Waals surface area contributed by atoms with Crippen LogP contribution in [0.15, 0.2) is 29.0 Å². The summed E-state index contributed by atoms with van der Waals surface area (Å²) in [6.45, 7) is 6.88. The summed E-state index contributed by atoms with van der Waals surface area (Å²) in [6.07, 6.45) is 1.45. The maximum Gasteiger partial charge on any atom is 0.277 e. The first-order valence-electron chi connectivity index (χ1n) is 9.44. The number of carbonyl (C=O) groups excluding carboxylic acids is 1. The van der Waals surface area contributed by atoms with Crippen molar-refractivity contribution in [1.29, 1.82) is 0 Å². The average molecular weight is 463 g/mol. The Hall–Kier alpha value is -2.72. The van der Waals surface area contributed by atoms with Crippen LogP contribution in [0.2, 0.25) is 0 Å². The van der Waals surface area contributed by atoms with Crippen molar-refractivity contribution in [3.05, 3.63) is 40.5 Å². The molecule has 0 saturated heterocycles. The fourth-order valence-corrected chi connectivity index (χ4v) is 3.60. The van der Waals surface area contributed by atoms with Crippen molar-refractivity contribution < 1.29 is 14.1 Å². The smallest absolute Gasteiger partial charge is 0.277 e. The number of nitrogens with two attached hydrogens (primary N) is 2. The quantitative estimate of drug-likeness (QED) is 0.434. The zero-order valence-corrected chi connectivity index (χ0v) is 18.1. The van der Waals surface area contributed by atoms with E-state index in [1.54, 1.807) is 0 Å². The van der Waals surface area contributed by atoms with Crippen LogP contribution in [0.5, 0.6) is 5.75 Å². The number of aryl methyl sites for hydroxylation is 2. The minimum atomic E-state index is -0.376. The summed E-state index contributed by atoms with van der Waals surface area (Å²) in [4.78, 5) is 20.7. The number of nitrogens with zero attached hydrogens (tertiary/aromatic N) is 4. The van der Waals surface area contributed by atoms with Crippen LogP contribution in [-0.2, 0) is 19.6 Å². The molecule has 0 saturated carbocycles. The predicted octanol–water partition coefficient (Wildman–Crippen LogP) is 1.37. The summed E-state index contributed by atoms with van der Waals surface area (Å²) in [5.74, 6) is 1.45. The predicted molar refractivity (Wildman–Crippen MR) is 113 cm³/mol. The van der Waals surface area contributed by atoms with E-state index < -0.39 is 0 Å². The lowest BCUT2D eigenvalue weighted by atomic mass is 10.3. The molecular formula is C19H25BrN7O2+. The van der Waals surface area contributed by atoms with Gasteiger partial charge in [-0.1, -0.05) is 0 Å². The molecule has 10 heteroatoms. The van der Waals surface area contributed by atoms with Crippen molar-refractivity contribution in [3.8, 4) is 5.75 Å². The molecule has 1 aromatic carbocycles. The van der Waals surface area contributed by atoms with E-state index in [-0.39, 0.29) is 17.4 Å². The van der Waals surface area contributed by atoms with Gasteiger partial charge in [0.15, 0.2) is 22.5 Å². The molecule has 3 aromatic rings. The molecule has 0 aliphatic carbocycles. The highest BCUT2D eigenvalue weighted by Gasteiger charge is 2.25. The topological polar surface area (TPSA) is 125 Å². The number of fused-ring (bicyclic) bond motifs is 1. The van der Waals surface area contributed by atoms with Gasteiger partial charge in [0.25, 0.3) is 11.7 Å². The summed E-state index contributed by atoms with van der Waals surface area (Å²) in [6, 6.07) is 5.97. The van der Waals surface area contributed by atoms with Crippen molar-refractivity contribution in [2.24, 2.45) is 5.73 Å². The lowest BCUT2D eigenvalue weighted by Gasteiger charge is -2.07. The summed E-state index contributed by atoms with van der Waals surface area (Å²) < 4.78 is 10.5. The molecule has 9 nitrogen and oxygen atoms in total. The highest BCUT2D eigenvalue weighted by atomic mass is 79.9. The van der Waals surface area contributed by atoms with Gasteiger partial charge in [0.05, 0.1) is 19.3 Å². The number of aromatic nitrogens is 4. The molecule has 3 rings (SSSR count). The Morgan fingerprint density at radius 3 is 2.86 bits per heavy atom. The van der Waals surface area contributed by atoms with E-state index in [0.29, 0.717) is 24.3 Å². The Balaban J connectivity index is 1.93. The van der Waals surface area contributed by atoms with Crippen molar-refractivity contribution >= 4 is 38.7 Å². The second kappa shape index (κ2) is 9.19. The van der Waals surface area contributed by atoms with Crippen LogP contribution in [0.25, 0.3) is 11.0 Å². The van der Waals surface area contributed by atoms with E-state index in [4.69, 9.17) is 16.2 Å². The maximum atomic E-state index is 12.6. The minimum Gasteiger partial charge on any atom is -0.492 e. The van der Waals surface area contributed by atoms with Crippen molar-refractivity contribution in [3.63, 3.8) is 0 Å². The Morgan fingerprint density at radius 1 is 1.38 bits per heavy atom. The van der Waals surface area contributed by atoms with Gasteiger partial charge in [-0.2, -0.15) is 0 Å². The molecule has 0 spiro atoms. The maximum absolute atomic E-state index is 12.6. The third-order valence-electron chi connectivity index (χ3n) is 4.56. The van der Waals surface area contributed by atoms with Gasteiger partial charge in [-0.15, -0.1) is 0 Å². The van der Waals surface area contributed by atoms with Crippen LogP contribution in [0.4, 0.5) is 5.82 Å². The van der Waals surface area contributed by atoms with Crippen LogP contribution in [0.1, 0.15) is 30.2 Å². The Labute approximate surface area is 177 Å². The monoisotopic (exact) mass is 462 g/mol. The summed E-state index contributed by atoms with van der Waals surface area (Å²) in [5.41, 5.74) is 13.5. The number of halogens is 1. The van der Waals surface area contributed by atoms with Gasteiger partial charge in [0.2, 0.25) is 0 Å². The molecule has 0 aliphatic heterocycles. The molecule has 0 unspecified atom stereocenters. The van der Waals surface area contributed by atoms with E-state index in [9.17, 15) is 4.79 Å². The largest absolute Gasteiger partial charge is 0.492 e. The van der Waals surface area contributed by atoms with Crippen molar-refractivity contribution in [1.82, 2.24) is 19.9 Å². The number of nitrogen functional groups attached to an aromatic ring is 1. The summed E-state index contributed by atoms with van der Waals surface area (Å²) in [5, 5.41) is 2.91. The molecule has 0 atom stereocenters. The molecule has 0 radical (unpaired) electrons. The number of rotatable bonds is 8. The van der Waals surface area contributed by atoms with Gasteiger partial charge in [0.1, 0.15) is 23.5 Å². The Kier molecular flexibility index (Phi) is 6.65. The molecule has 1 amide bonds. The Bertz CT molecular complexity index is 1040. The van der Waals surface area contributed by atoms with Gasteiger partial charge in [0, 0.05) is 12.6 Å². The lowest BCUT2D eigenvalue weighted by Crippen LogP contribution is -2.40. The molecule has 0 aliphatic rings. The molecule has 154 valence electrons. The number of hydrogen-bond donors (Lipinski definition) is 3. The molecule has 2 heterocycles. The van der Waals surface area contributed by atoms with Gasteiger partial charge in [-0.05, 0) is 41.9 Å². The first kappa shape index (κ1) is 21.0. The standard InChI is InChI=1S/C19H24BrN7O2/c1-3-26-13-6-5-12(29-8-7-21)9-14(13)27(4-2)16(26)11-24-19(28)17-18(22)23-10-15(20)25-17/h5-6,9-10H,3-4,7-8,11,21H2,1-2H3,(H2-,22,23,24,28)/p+1. The van der Waals surface area contributed by atoms with Gasteiger partial charge in [-0.25, -0.2) is 19.1 Å². The zero-order valence-electron chi connectivity index (χ0n) is 16.5. The summed E-state index contributed by atoms with van der Waals surface area (Å²) >= 11 is 3.22. The lowest BCUT2D eigenvalue weighted by molar-refractivity contribution is -0.676. The van der Waals surface area contributed by atoms with Crippen LogP contribution in [0, 0.1) is 0 Å². The third-order valence-corrected chi connectivity index (χ3v) is 4.95. The molecular weight excluding hydrogens is 438 g/mol. The highest BCUT2D eigenvalue weighted by Crippen LogP contribution is 2.21. The fraction of sp³-hybridized carbons (Fsp3) is 0.368. The SMILES string of the molecule is CCn1c(CNC(=O)c2nc(Br)cnc2N)[n+](CC)c2ccc(OCCN)cc21. The average Bonchev–Trinajstić information content (AvgIpc) is 3.03. The van der Waals surface area contributed by atoms with Crippen molar-refractivity contribution in [2.45, 2.75) is 33.5 Å². The van der Waals surface area contributed by atoms with Gasteiger partial charge in [-0.3, -0.25) is 4.79 Å². The van der Waals surface area contributed by atoms with Gasteiger partial charge >= 0.3 is 0 Å². The molecule has 0 fully saturated rings. The number of imidazole rings is 1.